The molecule has 0 unspecified atom stereocenters. The minimum absolute atomic E-state index is 0.202. The third-order valence-corrected chi connectivity index (χ3v) is 7.96. The van der Waals surface area contributed by atoms with E-state index in [-0.39, 0.29) is 25.3 Å². The maximum atomic E-state index is 13.3. The van der Waals surface area contributed by atoms with Gasteiger partial charge in [0, 0.05) is 36.7 Å². The fraction of sp³-hybridized carbons (Fsp3) is 0.667. The fourth-order valence-electron chi connectivity index (χ4n) is 4.51. The molecule has 0 fully saturated rings. The van der Waals surface area contributed by atoms with Crippen molar-refractivity contribution in [3.63, 3.8) is 0 Å². The summed E-state index contributed by atoms with van der Waals surface area (Å²) in [5.41, 5.74) is -0.521. The van der Waals surface area contributed by atoms with Crippen LogP contribution in [-0.4, -0.2) is 74.9 Å². The monoisotopic (exact) mass is 578 g/mol. The van der Waals surface area contributed by atoms with Gasteiger partial charge >= 0.3 is 12.1 Å². The lowest BCUT2D eigenvalue weighted by molar-refractivity contribution is -0.154. The van der Waals surface area contributed by atoms with Crippen molar-refractivity contribution in [2.75, 3.05) is 13.1 Å². The van der Waals surface area contributed by atoms with E-state index in [0.29, 0.717) is 0 Å². The maximum Gasteiger partial charge on any atom is 0.410 e. The molecule has 2 heterocycles. The number of rotatable bonds is 2. The molecular formula is C30H46N2O7S. The predicted molar refractivity (Wildman–Crippen MR) is 156 cm³/mol. The van der Waals surface area contributed by atoms with Crippen molar-refractivity contribution in [1.29, 1.82) is 0 Å². The molecule has 9 nitrogen and oxygen atoms in total. The highest BCUT2D eigenvalue weighted by Gasteiger charge is 2.42. The number of aliphatic hydroxyl groups is 2. The van der Waals surface area contributed by atoms with Gasteiger partial charge in [0.05, 0.1) is 34.7 Å². The number of carbonyl (C=O) groups is 3. The predicted octanol–water partition coefficient (Wildman–Crippen LogP) is 4.94. The normalized spacial score (nSPS) is 28.6. The Bertz CT molecular complexity index is 1100. The molecule has 0 aromatic carbocycles. The molecule has 1 aromatic rings. The number of aryl methyl sites for hydroxylation is 1. The van der Waals surface area contributed by atoms with Crippen molar-refractivity contribution in [2.24, 2.45) is 17.3 Å². The molecule has 0 radical (unpaired) electrons. The largest absolute Gasteiger partial charge is 0.458 e. The van der Waals surface area contributed by atoms with Crippen LogP contribution in [0.2, 0.25) is 0 Å². The van der Waals surface area contributed by atoms with Crippen LogP contribution < -0.4 is 0 Å². The first-order valence-corrected chi connectivity index (χ1v) is 14.6. The van der Waals surface area contributed by atoms with E-state index in [2.05, 4.69) is 4.98 Å². The van der Waals surface area contributed by atoms with Gasteiger partial charge in [-0.25, -0.2) is 9.78 Å². The molecule has 2 N–H and O–H groups in total. The zero-order valence-corrected chi connectivity index (χ0v) is 26.1. The van der Waals surface area contributed by atoms with Crippen LogP contribution in [0.5, 0.6) is 0 Å². The van der Waals surface area contributed by atoms with Crippen LogP contribution >= 0.6 is 11.3 Å². The highest BCUT2D eigenvalue weighted by Crippen LogP contribution is 2.31. The number of carbonyl (C=O) groups excluding carboxylic acids is 3. The van der Waals surface area contributed by atoms with Gasteiger partial charge in [-0.1, -0.05) is 39.8 Å². The Morgan fingerprint density at radius 3 is 2.48 bits per heavy atom. The average molecular weight is 579 g/mol. The topological polar surface area (TPSA) is 126 Å². The first-order valence-electron chi connectivity index (χ1n) is 13.8. The number of ether oxygens (including phenoxy) is 2. The van der Waals surface area contributed by atoms with E-state index >= 15 is 0 Å². The van der Waals surface area contributed by atoms with E-state index in [9.17, 15) is 24.6 Å². The lowest BCUT2D eigenvalue weighted by atomic mass is 9.73. The Hall–Kier alpha value is -2.56. The second-order valence-corrected chi connectivity index (χ2v) is 13.3. The van der Waals surface area contributed by atoms with Crippen LogP contribution in [0.1, 0.15) is 78.9 Å². The molecule has 40 heavy (non-hydrogen) atoms. The quantitative estimate of drug-likeness (QED) is 0.373. The van der Waals surface area contributed by atoms with Crippen molar-refractivity contribution >= 4 is 35.3 Å². The Labute approximate surface area is 242 Å². The molecule has 0 saturated carbocycles. The minimum Gasteiger partial charge on any atom is -0.458 e. The van der Waals surface area contributed by atoms with Crippen LogP contribution in [-0.2, 0) is 19.1 Å². The van der Waals surface area contributed by atoms with Gasteiger partial charge in [0.15, 0.2) is 0 Å². The van der Waals surface area contributed by atoms with Crippen molar-refractivity contribution in [1.82, 2.24) is 9.88 Å². The third kappa shape index (κ3) is 9.52. The number of ketones is 1. The van der Waals surface area contributed by atoms with Crippen LogP contribution in [0, 0.1) is 24.2 Å². The Morgan fingerprint density at radius 2 is 1.90 bits per heavy atom. The van der Waals surface area contributed by atoms with Crippen LogP contribution in [0.4, 0.5) is 4.79 Å². The van der Waals surface area contributed by atoms with Gasteiger partial charge in [-0.2, -0.15) is 0 Å². The van der Waals surface area contributed by atoms with E-state index < -0.39 is 59.6 Å². The molecule has 1 aliphatic heterocycles. The number of amides is 1. The summed E-state index contributed by atoms with van der Waals surface area (Å²) in [5.74, 6) is -2.22. The molecular weight excluding hydrogens is 532 g/mol. The summed E-state index contributed by atoms with van der Waals surface area (Å²) in [6.07, 6.45) is 1.70. The number of hydrogen-bond donors (Lipinski definition) is 2. The van der Waals surface area contributed by atoms with Gasteiger partial charge in [0.1, 0.15) is 17.5 Å². The summed E-state index contributed by atoms with van der Waals surface area (Å²) in [4.78, 5) is 45.4. The van der Waals surface area contributed by atoms with Gasteiger partial charge in [0.2, 0.25) is 0 Å². The van der Waals surface area contributed by atoms with E-state index in [1.165, 1.54) is 16.2 Å². The second-order valence-electron chi connectivity index (χ2n) is 12.2. The third-order valence-electron chi connectivity index (χ3n) is 7.16. The first kappa shape index (κ1) is 33.6. The smallest absolute Gasteiger partial charge is 0.410 e. The number of nitrogens with zero attached hydrogens (tertiary/aromatic N) is 2. The van der Waals surface area contributed by atoms with Crippen molar-refractivity contribution in [2.45, 2.75) is 99.1 Å². The molecule has 1 amide bonds. The van der Waals surface area contributed by atoms with Crippen molar-refractivity contribution < 1.29 is 34.1 Å². The number of aromatic nitrogens is 1. The summed E-state index contributed by atoms with van der Waals surface area (Å²) in [5, 5.41) is 24.6. The highest BCUT2D eigenvalue weighted by molar-refractivity contribution is 7.09. The van der Waals surface area contributed by atoms with Crippen LogP contribution in [0.15, 0.2) is 23.1 Å². The summed E-state index contributed by atoms with van der Waals surface area (Å²) >= 11 is 1.51. The van der Waals surface area contributed by atoms with Crippen molar-refractivity contribution in [3.05, 3.63) is 33.8 Å². The van der Waals surface area contributed by atoms with Gasteiger partial charge in [-0.15, -0.1) is 11.3 Å². The maximum absolute atomic E-state index is 13.3. The van der Waals surface area contributed by atoms with E-state index in [1.807, 2.05) is 25.3 Å². The minimum atomic E-state index is -1.31. The van der Waals surface area contributed by atoms with Gasteiger partial charge in [0.25, 0.3) is 0 Å². The number of thiazole rings is 1. The number of hydrogen-bond acceptors (Lipinski definition) is 9. The summed E-state index contributed by atoms with van der Waals surface area (Å²) in [7, 11) is 0. The molecule has 1 aromatic heterocycles. The SMILES string of the molecule is C/C(=C\c1csc(C)n1)[C@@H]1CCN(C(=O)OC(C)(C)C)C/C=C\[C@H](C)[C@H](O)[C@@H](C)C(=O)C(C)(C)[C@@H](O)CC(=O)O1. The molecule has 5 atom stereocenters. The number of esters is 1. The fourth-order valence-corrected chi connectivity index (χ4v) is 5.08. The highest BCUT2D eigenvalue weighted by atomic mass is 32.1. The molecule has 0 saturated heterocycles. The zero-order chi connectivity index (χ0) is 30.4. The van der Waals surface area contributed by atoms with E-state index in [4.69, 9.17) is 9.47 Å². The summed E-state index contributed by atoms with van der Waals surface area (Å²) in [6, 6.07) is 0. The van der Waals surface area contributed by atoms with Crippen LogP contribution in [0.3, 0.4) is 0 Å². The molecule has 2 rings (SSSR count). The Morgan fingerprint density at radius 1 is 1.25 bits per heavy atom. The Balaban J connectivity index is 2.47. The van der Waals surface area contributed by atoms with Gasteiger partial charge in [-0.05, 0) is 46.3 Å². The number of Topliss-reactive ketones (excluding diaryl/α,β-unsaturated/α-hetero) is 1. The number of cyclic esters (lactones) is 1. The number of aliphatic hydroxyl groups excluding tert-OH is 2. The molecule has 0 spiro atoms. The zero-order valence-electron chi connectivity index (χ0n) is 25.3. The van der Waals surface area contributed by atoms with Crippen LogP contribution in [0.25, 0.3) is 6.08 Å². The lowest BCUT2D eigenvalue weighted by Gasteiger charge is -2.34. The Kier molecular flexibility index (Phi) is 11.7. The van der Waals surface area contributed by atoms with Gasteiger partial charge in [-0.3, -0.25) is 9.59 Å². The van der Waals surface area contributed by atoms with Gasteiger partial charge < -0.3 is 24.6 Å². The molecule has 0 aliphatic carbocycles. The molecule has 1 aliphatic rings. The summed E-state index contributed by atoms with van der Waals surface area (Å²) in [6.45, 7) is 16.1. The molecule has 10 heteroatoms. The van der Waals surface area contributed by atoms with Crippen molar-refractivity contribution in [3.8, 4) is 0 Å². The second kappa shape index (κ2) is 13.9. The van der Waals surface area contributed by atoms with E-state index in [1.54, 1.807) is 60.6 Å². The molecule has 0 bridgehead atoms. The van der Waals surface area contributed by atoms with E-state index in [0.717, 1.165) is 16.3 Å². The molecule has 224 valence electrons. The standard InChI is InChI=1S/C30H46N2O7S/c1-18-11-10-13-32(28(37)39-29(5,6)7)14-12-23(19(2)15-22-17-40-21(4)31-22)38-25(34)16-24(33)30(8,9)27(36)20(3)26(18)35/h10-11,15,17-18,20,23-24,26,33,35H,12-14,16H2,1-9H3/b11-10-,19-15+/t18-,20+,23-,24-,26-/m0/s1. The average Bonchev–Trinajstić information content (AvgIpc) is 3.25. The first-order chi connectivity index (χ1) is 18.4. The summed E-state index contributed by atoms with van der Waals surface area (Å²) < 4.78 is 11.4. The lowest BCUT2D eigenvalue weighted by Crippen LogP contribution is -2.45.